The Labute approximate surface area is 142 Å². The Hall–Kier alpha value is -2.56. The molecule has 1 aromatic carbocycles. The zero-order valence-electron chi connectivity index (χ0n) is 14.3. The van der Waals surface area contributed by atoms with E-state index in [4.69, 9.17) is 4.74 Å². The van der Waals surface area contributed by atoms with Crippen molar-refractivity contribution >= 4 is 11.6 Å². The van der Waals surface area contributed by atoms with Crippen LogP contribution in [0.5, 0.6) is 5.75 Å². The standard InChI is InChI=1S/C19H24N4O/c1-3-5-14-24-16-9-7-15(8-10-16)17-18(20-11-4-2)23-13-6-12-21-19(23)22-17/h6-10,12-13,20H,3-5,11,14H2,1-2H3. The summed E-state index contributed by atoms with van der Waals surface area (Å²) in [5.41, 5.74) is 1.98. The summed E-state index contributed by atoms with van der Waals surface area (Å²) in [4.78, 5) is 9.04. The van der Waals surface area contributed by atoms with Gasteiger partial charge in [-0.2, -0.15) is 0 Å². The number of anilines is 1. The summed E-state index contributed by atoms with van der Waals surface area (Å²) >= 11 is 0. The summed E-state index contributed by atoms with van der Waals surface area (Å²) in [5.74, 6) is 2.59. The second kappa shape index (κ2) is 7.81. The van der Waals surface area contributed by atoms with Crippen LogP contribution in [-0.2, 0) is 0 Å². The molecule has 3 aromatic rings. The van der Waals surface area contributed by atoms with E-state index in [1.165, 1.54) is 0 Å². The summed E-state index contributed by atoms with van der Waals surface area (Å²) in [7, 11) is 0. The van der Waals surface area contributed by atoms with Gasteiger partial charge in [0.25, 0.3) is 0 Å². The zero-order valence-corrected chi connectivity index (χ0v) is 14.3. The number of ether oxygens (including phenoxy) is 1. The van der Waals surface area contributed by atoms with Crippen LogP contribution in [0.4, 0.5) is 5.82 Å². The first-order valence-electron chi connectivity index (χ1n) is 8.63. The van der Waals surface area contributed by atoms with E-state index in [0.29, 0.717) is 5.78 Å². The predicted octanol–water partition coefficient (Wildman–Crippen LogP) is 4.40. The normalized spacial score (nSPS) is 10.9. The topological polar surface area (TPSA) is 51.5 Å². The largest absolute Gasteiger partial charge is 0.494 e. The van der Waals surface area contributed by atoms with Gasteiger partial charge in [0.1, 0.15) is 17.3 Å². The van der Waals surface area contributed by atoms with Crippen molar-refractivity contribution in [2.24, 2.45) is 0 Å². The summed E-state index contributed by atoms with van der Waals surface area (Å²) in [6, 6.07) is 10.0. The quantitative estimate of drug-likeness (QED) is 0.624. The minimum absolute atomic E-state index is 0.703. The van der Waals surface area contributed by atoms with Crippen LogP contribution >= 0.6 is 0 Å². The maximum Gasteiger partial charge on any atom is 0.235 e. The van der Waals surface area contributed by atoms with Crippen LogP contribution in [0.1, 0.15) is 33.1 Å². The first kappa shape index (κ1) is 16.3. The number of hydrogen-bond donors (Lipinski definition) is 1. The van der Waals surface area contributed by atoms with E-state index in [0.717, 1.165) is 55.2 Å². The van der Waals surface area contributed by atoms with E-state index >= 15 is 0 Å². The molecule has 0 aliphatic carbocycles. The van der Waals surface area contributed by atoms with Crippen molar-refractivity contribution in [1.82, 2.24) is 14.4 Å². The number of aromatic nitrogens is 3. The molecule has 0 fully saturated rings. The molecular formula is C19H24N4O. The fourth-order valence-electron chi connectivity index (χ4n) is 2.54. The molecule has 1 N–H and O–H groups in total. The molecule has 2 heterocycles. The summed E-state index contributed by atoms with van der Waals surface area (Å²) in [5, 5.41) is 3.47. The second-order valence-electron chi connectivity index (χ2n) is 5.75. The number of rotatable bonds is 8. The van der Waals surface area contributed by atoms with Gasteiger partial charge in [-0.05, 0) is 43.2 Å². The monoisotopic (exact) mass is 324 g/mol. The maximum absolute atomic E-state index is 5.74. The Morgan fingerprint density at radius 3 is 2.71 bits per heavy atom. The Morgan fingerprint density at radius 2 is 1.96 bits per heavy atom. The average molecular weight is 324 g/mol. The molecule has 24 heavy (non-hydrogen) atoms. The molecular weight excluding hydrogens is 300 g/mol. The first-order valence-corrected chi connectivity index (χ1v) is 8.63. The molecule has 0 amide bonds. The van der Waals surface area contributed by atoms with Crippen LogP contribution in [0.15, 0.2) is 42.7 Å². The van der Waals surface area contributed by atoms with Crippen molar-refractivity contribution in [1.29, 1.82) is 0 Å². The van der Waals surface area contributed by atoms with E-state index in [1.807, 2.05) is 28.8 Å². The van der Waals surface area contributed by atoms with Crippen LogP contribution in [-0.4, -0.2) is 27.5 Å². The smallest absolute Gasteiger partial charge is 0.235 e. The highest BCUT2D eigenvalue weighted by Gasteiger charge is 2.14. The molecule has 5 heteroatoms. The van der Waals surface area contributed by atoms with Gasteiger partial charge in [0.05, 0.1) is 6.61 Å². The molecule has 0 saturated carbocycles. The minimum Gasteiger partial charge on any atom is -0.494 e. The van der Waals surface area contributed by atoms with Gasteiger partial charge in [-0.25, -0.2) is 9.97 Å². The average Bonchev–Trinajstić information content (AvgIpc) is 2.99. The van der Waals surface area contributed by atoms with Crippen LogP contribution in [0.25, 0.3) is 17.0 Å². The number of hydrogen-bond acceptors (Lipinski definition) is 4. The van der Waals surface area contributed by atoms with Crippen LogP contribution in [0.3, 0.4) is 0 Å². The van der Waals surface area contributed by atoms with Crippen molar-refractivity contribution < 1.29 is 4.74 Å². The van der Waals surface area contributed by atoms with Crippen LogP contribution < -0.4 is 10.1 Å². The van der Waals surface area contributed by atoms with Gasteiger partial charge in [-0.3, -0.25) is 4.40 Å². The Bertz CT molecular complexity index is 780. The first-order chi connectivity index (χ1) is 11.8. The van der Waals surface area contributed by atoms with Crippen LogP contribution in [0, 0.1) is 0 Å². The van der Waals surface area contributed by atoms with Gasteiger partial charge in [0.2, 0.25) is 5.78 Å². The van der Waals surface area contributed by atoms with Gasteiger partial charge < -0.3 is 10.1 Å². The van der Waals surface area contributed by atoms with E-state index in [1.54, 1.807) is 6.20 Å². The van der Waals surface area contributed by atoms with Gasteiger partial charge in [0, 0.05) is 24.5 Å². The maximum atomic E-state index is 5.74. The predicted molar refractivity (Wildman–Crippen MR) is 97.6 cm³/mol. The fraction of sp³-hybridized carbons (Fsp3) is 0.368. The fourth-order valence-corrected chi connectivity index (χ4v) is 2.54. The zero-order chi connectivity index (χ0) is 16.8. The third-order valence-corrected chi connectivity index (χ3v) is 3.84. The molecule has 2 aromatic heterocycles. The van der Waals surface area contributed by atoms with Gasteiger partial charge >= 0.3 is 0 Å². The van der Waals surface area contributed by atoms with Crippen LogP contribution in [0.2, 0.25) is 0 Å². The number of nitrogens with zero attached hydrogens (tertiary/aromatic N) is 3. The number of unbranched alkanes of at least 4 members (excludes halogenated alkanes) is 1. The molecule has 0 radical (unpaired) electrons. The molecule has 0 spiro atoms. The molecule has 3 rings (SSSR count). The van der Waals surface area contributed by atoms with E-state index in [2.05, 4.69) is 41.3 Å². The third kappa shape index (κ3) is 3.50. The molecule has 0 saturated heterocycles. The Morgan fingerprint density at radius 1 is 1.12 bits per heavy atom. The lowest BCUT2D eigenvalue weighted by Gasteiger charge is -2.08. The lowest BCUT2D eigenvalue weighted by molar-refractivity contribution is 0.309. The highest BCUT2D eigenvalue weighted by Crippen LogP contribution is 2.29. The van der Waals surface area contributed by atoms with Crippen molar-refractivity contribution in [2.75, 3.05) is 18.5 Å². The van der Waals surface area contributed by atoms with Crippen molar-refractivity contribution in [3.8, 4) is 17.0 Å². The van der Waals surface area contributed by atoms with E-state index < -0.39 is 0 Å². The lowest BCUT2D eigenvalue weighted by Crippen LogP contribution is -2.04. The van der Waals surface area contributed by atoms with Crippen molar-refractivity contribution in [3.63, 3.8) is 0 Å². The molecule has 0 atom stereocenters. The highest BCUT2D eigenvalue weighted by molar-refractivity contribution is 5.75. The number of nitrogens with one attached hydrogen (secondary N) is 1. The summed E-state index contributed by atoms with van der Waals surface area (Å²) in [6.45, 7) is 5.97. The Balaban J connectivity index is 1.90. The molecule has 5 nitrogen and oxygen atoms in total. The molecule has 0 unspecified atom stereocenters. The minimum atomic E-state index is 0.703. The highest BCUT2D eigenvalue weighted by atomic mass is 16.5. The third-order valence-electron chi connectivity index (χ3n) is 3.84. The van der Waals surface area contributed by atoms with Crippen molar-refractivity contribution in [3.05, 3.63) is 42.7 Å². The van der Waals surface area contributed by atoms with Gasteiger partial charge in [-0.1, -0.05) is 20.3 Å². The number of benzene rings is 1. The Kier molecular flexibility index (Phi) is 5.31. The SMILES string of the molecule is CCCCOc1ccc(-c2nc3ncccn3c2NCCC)cc1. The number of fused-ring (bicyclic) bond motifs is 1. The summed E-state index contributed by atoms with van der Waals surface area (Å²) in [6.07, 6.45) is 7.01. The molecule has 0 aliphatic heterocycles. The van der Waals surface area contributed by atoms with Gasteiger partial charge in [0.15, 0.2) is 0 Å². The lowest BCUT2D eigenvalue weighted by atomic mass is 10.1. The summed E-state index contributed by atoms with van der Waals surface area (Å²) < 4.78 is 7.73. The molecule has 0 bridgehead atoms. The van der Waals surface area contributed by atoms with Gasteiger partial charge in [-0.15, -0.1) is 0 Å². The van der Waals surface area contributed by atoms with E-state index in [-0.39, 0.29) is 0 Å². The number of imidazole rings is 1. The van der Waals surface area contributed by atoms with E-state index in [9.17, 15) is 0 Å². The van der Waals surface area contributed by atoms with Crippen molar-refractivity contribution in [2.45, 2.75) is 33.1 Å². The second-order valence-corrected chi connectivity index (χ2v) is 5.75. The molecule has 0 aliphatic rings. The molecule has 126 valence electrons.